The van der Waals surface area contributed by atoms with Gasteiger partial charge in [0, 0.05) is 56.8 Å². The Morgan fingerprint density at radius 3 is 2.58 bits per heavy atom. The van der Waals surface area contributed by atoms with Crippen molar-refractivity contribution in [3.8, 4) is 0 Å². The lowest BCUT2D eigenvalue weighted by Crippen LogP contribution is -2.55. The van der Waals surface area contributed by atoms with Crippen molar-refractivity contribution < 1.29 is 8.78 Å². The third-order valence-corrected chi connectivity index (χ3v) is 10.4. The van der Waals surface area contributed by atoms with Crippen LogP contribution in [0.3, 0.4) is 0 Å². The lowest BCUT2D eigenvalue weighted by molar-refractivity contribution is -0.0493. The predicted octanol–water partition coefficient (Wildman–Crippen LogP) is 6.30. The van der Waals surface area contributed by atoms with E-state index in [9.17, 15) is 8.78 Å². The summed E-state index contributed by atoms with van der Waals surface area (Å²) in [6, 6.07) is 1.65. The molecule has 244 valence electrons. The fourth-order valence-corrected chi connectivity index (χ4v) is 7.70. The smallest absolute Gasteiger partial charge is 0.251 e. The Balaban J connectivity index is 0.000000452. The number of hydrogen-bond donors (Lipinski definition) is 3. The van der Waals surface area contributed by atoms with Gasteiger partial charge in [0.15, 0.2) is 0 Å². The molecule has 2 saturated heterocycles. The van der Waals surface area contributed by atoms with Gasteiger partial charge in [-0.1, -0.05) is 19.6 Å². The summed E-state index contributed by atoms with van der Waals surface area (Å²) in [5.41, 5.74) is 5.98. The first-order valence-electron chi connectivity index (χ1n) is 16.9. The Morgan fingerprint density at radius 2 is 1.93 bits per heavy atom. The quantitative estimate of drug-likeness (QED) is 0.285. The molecule has 2 aliphatic carbocycles. The Morgan fingerprint density at radius 1 is 1.13 bits per heavy atom. The number of nitrogens with one attached hydrogen (secondary N) is 3. The number of nitrogens with zero attached hydrogens (tertiary/aromatic N) is 6. The van der Waals surface area contributed by atoms with E-state index in [1.54, 1.807) is 10.7 Å². The van der Waals surface area contributed by atoms with Crippen LogP contribution in [0.25, 0.3) is 11.5 Å². The number of piperidine rings is 1. The topological polar surface area (TPSA) is 97.0 Å². The van der Waals surface area contributed by atoms with Crippen molar-refractivity contribution >= 4 is 11.5 Å². The Labute approximate surface area is 265 Å². The van der Waals surface area contributed by atoms with E-state index in [-0.39, 0.29) is 24.8 Å². The Hall–Kier alpha value is -3.34. The van der Waals surface area contributed by atoms with E-state index in [4.69, 9.17) is 15.1 Å². The molecule has 11 heteroatoms. The van der Waals surface area contributed by atoms with Crippen LogP contribution in [0.15, 0.2) is 37.3 Å². The molecular formula is C34H49F2N9. The normalized spacial score (nSPS) is 23.5. The van der Waals surface area contributed by atoms with E-state index in [0.29, 0.717) is 42.2 Å². The zero-order valence-electron chi connectivity index (χ0n) is 26.9. The van der Waals surface area contributed by atoms with Crippen LogP contribution in [0.5, 0.6) is 0 Å². The van der Waals surface area contributed by atoms with Gasteiger partial charge in [-0.05, 0) is 82.6 Å². The molecule has 2 unspecified atom stereocenters. The molecule has 0 bridgehead atoms. The van der Waals surface area contributed by atoms with Gasteiger partial charge < -0.3 is 16.0 Å². The van der Waals surface area contributed by atoms with Crippen molar-refractivity contribution in [1.29, 1.82) is 0 Å². The van der Waals surface area contributed by atoms with Crippen LogP contribution in [0.4, 0.5) is 8.78 Å². The first-order chi connectivity index (χ1) is 21.7. The first-order valence-corrected chi connectivity index (χ1v) is 16.9. The molecule has 9 nitrogen and oxygen atoms in total. The maximum atomic E-state index is 14.1. The summed E-state index contributed by atoms with van der Waals surface area (Å²) in [5, 5.41) is 19.4. The standard InChI is InChI=1S/C28H38F2N8.C6H11N/c1-4-37-23(9-13-32-37)18(2)33-25(20-7-11-28(29,30)12-8-20)22-15-38-26(34-22)35-24(19(3)36-38)21-6-5-10-27(14-21)16-31-17-27;1-6-4-2-3-5-7-6/h9,13,15,20-21,25,31,33H,2,4-8,10-12,14,16-17H2,1,3H3;7H,1-5H2. The van der Waals surface area contributed by atoms with E-state index in [2.05, 4.69) is 34.2 Å². The van der Waals surface area contributed by atoms with E-state index in [1.165, 1.54) is 37.8 Å². The van der Waals surface area contributed by atoms with Gasteiger partial charge in [-0.3, -0.25) is 4.68 Å². The number of allylic oxidation sites excluding steroid dienone is 1. The molecule has 45 heavy (non-hydrogen) atoms. The third-order valence-electron chi connectivity index (χ3n) is 10.4. The van der Waals surface area contributed by atoms with Crippen LogP contribution in [0.2, 0.25) is 0 Å². The maximum absolute atomic E-state index is 14.1. The molecule has 1 spiro atoms. The summed E-state index contributed by atoms with van der Waals surface area (Å²) < 4.78 is 31.7. The minimum atomic E-state index is -2.60. The highest BCUT2D eigenvalue weighted by Crippen LogP contribution is 2.46. The second-order valence-corrected chi connectivity index (χ2v) is 13.7. The number of hydrogen-bond acceptors (Lipinski definition) is 7. The second kappa shape index (κ2) is 13.2. The molecule has 2 saturated carbocycles. The van der Waals surface area contributed by atoms with Gasteiger partial charge in [0.25, 0.3) is 5.78 Å². The van der Waals surface area contributed by atoms with E-state index >= 15 is 0 Å². The maximum Gasteiger partial charge on any atom is 0.251 e. The van der Waals surface area contributed by atoms with E-state index in [0.717, 1.165) is 55.3 Å². The fraction of sp³-hybridized carbons (Fsp3) is 0.647. The van der Waals surface area contributed by atoms with Crippen molar-refractivity contribution in [2.24, 2.45) is 11.3 Å². The number of aryl methyl sites for hydroxylation is 2. The van der Waals surface area contributed by atoms with Crippen molar-refractivity contribution in [2.45, 2.75) is 109 Å². The van der Waals surface area contributed by atoms with Gasteiger partial charge in [-0.15, -0.1) is 0 Å². The van der Waals surface area contributed by atoms with Gasteiger partial charge >= 0.3 is 0 Å². The van der Waals surface area contributed by atoms with Crippen molar-refractivity contribution in [3.63, 3.8) is 0 Å². The molecule has 2 atom stereocenters. The predicted molar refractivity (Wildman–Crippen MR) is 173 cm³/mol. The van der Waals surface area contributed by atoms with Gasteiger partial charge in [-0.2, -0.15) is 10.2 Å². The number of rotatable bonds is 7. The summed E-state index contributed by atoms with van der Waals surface area (Å²) in [5.74, 6) is -1.63. The largest absolute Gasteiger partial charge is 0.389 e. The molecule has 0 radical (unpaired) electrons. The van der Waals surface area contributed by atoms with Crippen molar-refractivity contribution in [3.05, 3.63) is 60.1 Å². The molecule has 0 aromatic carbocycles. The number of aromatic nitrogens is 6. The molecule has 7 rings (SSSR count). The number of imidazole rings is 1. The molecule has 0 amide bonds. The lowest BCUT2D eigenvalue weighted by Gasteiger charge is -2.48. The Bertz CT molecular complexity index is 1490. The fourth-order valence-electron chi connectivity index (χ4n) is 7.70. The molecule has 3 aromatic rings. The van der Waals surface area contributed by atoms with Crippen LogP contribution in [-0.2, 0) is 6.54 Å². The monoisotopic (exact) mass is 621 g/mol. The average molecular weight is 622 g/mol. The van der Waals surface area contributed by atoms with Gasteiger partial charge in [-0.25, -0.2) is 23.3 Å². The molecule has 2 aliphatic heterocycles. The van der Waals surface area contributed by atoms with Crippen LogP contribution in [0, 0.1) is 18.3 Å². The van der Waals surface area contributed by atoms with Crippen LogP contribution < -0.4 is 16.0 Å². The third kappa shape index (κ3) is 7.08. The summed E-state index contributed by atoms with van der Waals surface area (Å²) in [6.07, 6.45) is 12.9. The van der Waals surface area contributed by atoms with Crippen LogP contribution in [-0.4, -0.2) is 54.9 Å². The lowest BCUT2D eigenvalue weighted by atomic mass is 9.65. The second-order valence-electron chi connectivity index (χ2n) is 13.7. The molecule has 5 heterocycles. The minimum Gasteiger partial charge on any atom is -0.389 e. The molecule has 4 fully saturated rings. The average Bonchev–Trinajstić information content (AvgIpc) is 3.66. The van der Waals surface area contributed by atoms with Crippen LogP contribution in [0.1, 0.15) is 112 Å². The number of alkyl halides is 2. The van der Waals surface area contributed by atoms with Gasteiger partial charge in [0.05, 0.1) is 40.7 Å². The minimum absolute atomic E-state index is 0.000767. The number of fused-ring (bicyclic) bond motifs is 1. The summed E-state index contributed by atoms with van der Waals surface area (Å²) >= 11 is 0. The molecular weight excluding hydrogens is 572 g/mol. The summed E-state index contributed by atoms with van der Waals surface area (Å²) in [7, 11) is 0. The van der Waals surface area contributed by atoms with Crippen LogP contribution >= 0.6 is 0 Å². The SMILES string of the molecule is C=C(NC(c1cn2nc(C)c(C3CCCC4(CNC4)C3)nc2n1)C1CCC(F)(F)CC1)c1ccnn1CC.C=C1CCCCN1. The highest BCUT2D eigenvalue weighted by Gasteiger charge is 2.43. The van der Waals surface area contributed by atoms with Gasteiger partial charge in [0.2, 0.25) is 5.92 Å². The highest BCUT2D eigenvalue weighted by molar-refractivity contribution is 5.59. The van der Waals surface area contributed by atoms with Gasteiger partial charge in [0.1, 0.15) is 0 Å². The molecule has 3 aromatic heterocycles. The van der Waals surface area contributed by atoms with Crippen molar-refractivity contribution in [2.75, 3.05) is 19.6 Å². The molecule has 4 aliphatic rings. The van der Waals surface area contributed by atoms with E-state index < -0.39 is 5.92 Å². The van der Waals surface area contributed by atoms with E-state index in [1.807, 2.05) is 30.8 Å². The summed E-state index contributed by atoms with van der Waals surface area (Å²) in [4.78, 5) is 9.97. The zero-order valence-corrected chi connectivity index (χ0v) is 26.9. The highest BCUT2D eigenvalue weighted by atomic mass is 19.3. The zero-order chi connectivity index (χ0) is 31.6. The Kier molecular flexibility index (Phi) is 9.27. The van der Waals surface area contributed by atoms with Crippen molar-refractivity contribution in [1.82, 2.24) is 45.3 Å². The first kappa shape index (κ1) is 31.6. The number of halogens is 2. The summed E-state index contributed by atoms with van der Waals surface area (Å²) in [6.45, 7) is 16.2. The molecule has 3 N–H and O–H groups in total.